The summed E-state index contributed by atoms with van der Waals surface area (Å²) in [5.41, 5.74) is 4.82. The van der Waals surface area contributed by atoms with E-state index >= 15 is 0 Å². The predicted octanol–water partition coefficient (Wildman–Crippen LogP) is 14.4. The number of rotatable bonds is 0. The molecule has 0 radical (unpaired) electrons. The first-order valence-corrected chi connectivity index (χ1v) is 17.3. The lowest BCUT2D eigenvalue weighted by Crippen LogP contribution is -1.61. The van der Waals surface area contributed by atoms with Crippen LogP contribution in [-0.4, -0.2) is 25.8 Å². The van der Waals surface area contributed by atoms with E-state index in [0.29, 0.717) is 0 Å². The van der Waals surface area contributed by atoms with Gasteiger partial charge >= 0.3 is 0 Å². The molecule has 8 rings (SSSR count). The van der Waals surface area contributed by atoms with Gasteiger partial charge < -0.3 is 19.9 Å². The fourth-order valence-corrected chi connectivity index (χ4v) is 3.98. The molecule has 0 amide bonds. The number of H-pyrrole nitrogens is 4. The number of alkyl halides is 1. The van der Waals surface area contributed by atoms with Gasteiger partial charge in [0.1, 0.15) is 0 Å². The van der Waals surface area contributed by atoms with Crippen molar-refractivity contribution in [1.82, 2.24) is 19.9 Å². The van der Waals surface area contributed by atoms with Crippen molar-refractivity contribution < 1.29 is 0 Å². The lowest BCUT2D eigenvalue weighted by molar-refractivity contribution is 1.09. The van der Waals surface area contributed by atoms with Gasteiger partial charge in [-0.3, -0.25) is 0 Å². The molecular formula is C42H59BrN4. The molecule has 8 aromatic rings. The smallest absolute Gasteiger partial charge is 0.0453 e. The van der Waals surface area contributed by atoms with E-state index in [1.165, 1.54) is 50.0 Å². The van der Waals surface area contributed by atoms with Crippen molar-refractivity contribution in [1.29, 1.82) is 0 Å². The van der Waals surface area contributed by atoms with Crippen molar-refractivity contribution in [2.75, 3.05) is 5.83 Å². The molecule has 4 heterocycles. The number of aromatic nitrogens is 4. The summed E-state index contributed by atoms with van der Waals surface area (Å²) < 4.78 is 0. The van der Waals surface area contributed by atoms with Gasteiger partial charge in [0.25, 0.3) is 0 Å². The highest BCUT2D eigenvalue weighted by Crippen LogP contribution is 2.11. The van der Waals surface area contributed by atoms with E-state index in [0.717, 1.165) is 0 Å². The van der Waals surface area contributed by atoms with Crippen molar-refractivity contribution in [3.8, 4) is 0 Å². The number of fused-ring (bicyclic) bond motifs is 4. The Morgan fingerprint density at radius 1 is 0.362 bits per heavy atom. The first kappa shape index (κ1) is 44.6. The third-order valence-electron chi connectivity index (χ3n) is 5.85. The average Bonchev–Trinajstić information content (AvgIpc) is 3.95. The summed E-state index contributed by atoms with van der Waals surface area (Å²) in [4.78, 5) is 12.5. The van der Waals surface area contributed by atoms with Gasteiger partial charge in [0, 0.05) is 46.9 Å². The Balaban J connectivity index is 0. The standard InChI is InChI=1S/4C8H7N.C3H8.2C2H6.CH3Br.2CH4/c4*1-2-4-8-7(3-1)5-6-9-8;1-3-2;3*1-2;;/h4*1-6,9H;3H2,1-2H3;2*1-2H3;1H3;2*1H4. The Hall–Kier alpha value is -4.48. The summed E-state index contributed by atoms with van der Waals surface area (Å²) in [5.74, 6) is 1.81. The molecule has 5 heteroatoms. The van der Waals surface area contributed by atoms with Crippen molar-refractivity contribution in [2.24, 2.45) is 0 Å². The minimum atomic E-state index is 0. The number of nitrogens with one attached hydrogen (secondary N) is 4. The number of halogens is 1. The average molecular weight is 700 g/mol. The molecule has 0 fully saturated rings. The largest absolute Gasteiger partial charge is 0.361 e. The fourth-order valence-electron chi connectivity index (χ4n) is 3.98. The van der Waals surface area contributed by atoms with Crippen LogP contribution in [0.15, 0.2) is 146 Å². The Labute approximate surface area is 293 Å². The van der Waals surface area contributed by atoms with E-state index < -0.39 is 0 Å². The molecule has 0 aliphatic carbocycles. The Morgan fingerprint density at radius 3 is 0.702 bits per heavy atom. The Kier molecular flexibility index (Phi) is 27.5. The summed E-state index contributed by atoms with van der Waals surface area (Å²) in [6, 6.07) is 41.1. The highest BCUT2D eigenvalue weighted by atomic mass is 79.9. The maximum Gasteiger partial charge on any atom is 0.0453 e. The Bertz CT molecular complexity index is 1400. The van der Waals surface area contributed by atoms with E-state index in [2.05, 4.69) is 123 Å². The highest BCUT2D eigenvalue weighted by molar-refractivity contribution is 9.08. The maximum absolute atomic E-state index is 3.12. The lowest BCUT2D eigenvalue weighted by Gasteiger charge is -1.83. The quantitative estimate of drug-likeness (QED) is 0.114. The van der Waals surface area contributed by atoms with Crippen molar-refractivity contribution >= 4 is 59.5 Å². The zero-order valence-corrected chi connectivity index (χ0v) is 29.5. The van der Waals surface area contributed by atoms with Crippen molar-refractivity contribution in [3.05, 3.63) is 146 Å². The highest BCUT2D eigenvalue weighted by Gasteiger charge is 1.89. The van der Waals surface area contributed by atoms with Gasteiger partial charge in [-0.15, -0.1) is 0 Å². The van der Waals surface area contributed by atoms with Gasteiger partial charge in [0.15, 0.2) is 0 Å². The van der Waals surface area contributed by atoms with Crippen molar-refractivity contribution in [2.45, 2.75) is 62.8 Å². The van der Waals surface area contributed by atoms with Gasteiger partial charge in [-0.2, -0.15) is 0 Å². The topological polar surface area (TPSA) is 63.2 Å². The van der Waals surface area contributed by atoms with Gasteiger partial charge in [-0.05, 0) is 75.9 Å². The van der Waals surface area contributed by atoms with Crippen LogP contribution in [0.4, 0.5) is 0 Å². The molecular weight excluding hydrogens is 640 g/mol. The minimum absolute atomic E-state index is 0. The molecule has 4 aromatic heterocycles. The lowest BCUT2D eigenvalue weighted by atomic mass is 10.3. The molecule has 4 aromatic carbocycles. The second kappa shape index (κ2) is 29.0. The molecule has 47 heavy (non-hydrogen) atoms. The number of hydrogen-bond acceptors (Lipinski definition) is 0. The fraction of sp³-hybridized carbons (Fsp3) is 0.238. The molecule has 0 saturated carbocycles. The van der Waals surface area contributed by atoms with Crippen LogP contribution in [0.25, 0.3) is 43.6 Å². The molecule has 0 spiro atoms. The van der Waals surface area contributed by atoms with Crippen LogP contribution in [0.2, 0.25) is 0 Å². The van der Waals surface area contributed by atoms with Crippen LogP contribution in [-0.2, 0) is 0 Å². The van der Waals surface area contributed by atoms with E-state index in [9.17, 15) is 0 Å². The third kappa shape index (κ3) is 16.1. The Morgan fingerprint density at radius 2 is 0.532 bits per heavy atom. The van der Waals surface area contributed by atoms with Gasteiger partial charge in [-0.1, -0.05) is 152 Å². The molecule has 254 valence electrons. The van der Waals surface area contributed by atoms with Gasteiger partial charge in [0.05, 0.1) is 0 Å². The summed E-state index contributed by atoms with van der Waals surface area (Å²) in [6.45, 7) is 12.2. The van der Waals surface area contributed by atoms with Crippen LogP contribution in [0.1, 0.15) is 62.8 Å². The summed E-state index contributed by atoms with van der Waals surface area (Å²) in [5, 5.41) is 5.10. The van der Waals surface area contributed by atoms with E-state index in [1.807, 2.05) is 107 Å². The summed E-state index contributed by atoms with van der Waals surface area (Å²) in [7, 11) is 0. The van der Waals surface area contributed by atoms with Crippen LogP contribution >= 0.6 is 15.9 Å². The monoisotopic (exact) mass is 698 g/mol. The van der Waals surface area contributed by atoms with Crippen LogP contribution in [0, 0.1) is 0 Å². The minimum Gasteiger partial charge on any atom is -0.361 e. The maximum atomic E-state index is 3.12. The number of benzene rings is 4. The molecule has 4 N–H and O–H groups in total. The van der Waals surface area contributed by atoms with Crippen LogP contribution < -0.4 is 0 Å². The molecule has 0 aliphatic heterocycles. The number of hydrogen-bond donors (Lipinski definition) is 4. The zero-order chi connectivity index (χ0) is 33.1. The third-order valence-corrected chi connectivity index (χ3v) is 5.85. The molecule has 0 aliphatic rings. The van der Waals surface area contributed by atoms with Crippen molar-refractivity contribution in [3.63, 3.8) is 0 Å². The molecule has 0 saturated heterocycles. The van der Waals surface area contributed by atoms with E-state index in [4.69, 9.17) is 0 Å². The van der Waals surface area contributed by atoms with E-state index in [-0.39, 0.29) is 14.9 Å². The second-order valence-corrected chi connectivity index (χ2v) is 8.97. The van der Waals surface area contributed by atoms with Gasteiger partial charge in [0.2, 0.25) is 0 Å². The van der Waals surface area contributed by atoms with E-state index in [1.54, 1.807) is 0 Å². The summed E-state index contributed by atoms with van der Waals surface area (Å²) in [6.07, 6.45) is 9.05. The first-order valence-electron chi connectivity index (χ1n) is 15.7. The SMILES string of the molecule is C.C.CBr.CC.CC.CCC.c1ccc2[nH]ccc2c1.c1ccc2[nH]ccc2c1.c1ccc2[nH]ccc2c1.c1ccc2[nH]ccc2c1. The first-order chi connectivity index (χ1) is 22.3. The summed E-state index contributed by atoms with van der Waals surface area (Å²) >= 11 is 2.94. The van der Waals surface area contributed by atoms with Crippen LogP contribution in [0.5, 0.6) is 0 Å². The molecule has 4 nitrogen and oxygen atoms in total. The van der Waals surface area contributed by atoms with Gasteiger partial charge in [-0.25, -0.2) is 0 Å². The normalized spacial score (nSPS) is 8.60. The number of aromatic amines is 4. The van der Waals surface area contributed by atoms with Crippen LogP contribution in [0.3, 0.4) is 0 Å². The second-order valence-electron chi connectivity index (χ2n) is 8.97. The molecule has 0 atom stereocenters. The predicted molar refractivity (Wildman–Crippen MR) is 220 cm³/mol. The molecule has 0 bridgehead atoms. The molecule has 0 unspecified atom stereocenters. The zero-order valence-electron chi connectivity index (χ0n) is 27.9. The number of para-hydroxylation sites is 4.